The predicted molar refractivity (Wildman–Crippen MR) is 125 cm³/mol. The molecule has 1 aromatic carbocycles. The molecule has 4 N–H and O–H groups in total. The average molecular weight is 440 g/mol. The lowest BCUT2D eigenvalue weighted by molar-refractivity contribution is 0.344. The molecule has 0 atom stereocenters. The van der Waals surface area contributed by atoms with Gasteiger partial charge in [0.2, 0.25) is 0 Å². The summed E-state index contributed by atoms with van der Waals surface area (Å²) < 4.78 is 13.4. The Morgan fingerprint density at radius 1 is 1.03 bits per heavy atom. The highest BCUT2D eigenvalue weighted by molar-refractivity contribution is 6.33. The number of benzene rings is 1. The molecule has 0 radical (unpaired) electrons. The summed E-state index contributed by atoms with van der Waals surface area (Å²) in [5, 5.41) is 7.38. The highest BCUT2D eigenvalue weighted by atomic mass is 35.5. The van der Waals surface area contributed by atoms with Crippen LogP contribution in [0.5, 0.6) is 0 Å². The molecule has 0 amide bonds. The van der Waals surface area contributed by atoms with E-state index in [2.05, 4.69) is 20.6 Å². The van der Waals surface area contributed by atoms with E-state index < -0.39 is 0 Å². The van der Waals surface area contributed by atoms with E-state index in [1.807, 2.05) is 24.3 Å². The van der Waals surface area contributed by atoms with E-state index in [1.165, 1.54) is 12.1 Å². The van der Waals surface area contributed by atoms with Gasteiger partial charge in [-0.1, -0.05) is 23.7 Å². The number of rotatable bonds is 7. The van der Waals surface area contributed by atoms with Crippen LogP contribution in [0.2, 0.25) is 5.02 Å². The number of nitrogens with one attached hydrogen (secondary N) is 2. The first-order valence-electron chi connectivity index (χ1n) is 10.7. The van der Waals surface area contributed by atoms with E-state index in [-0.39, 0.29) is 5.82 Å². The van der Waals surface area contributed by atoms with Gasteiger partial charge >= 0.3 is 0 Å². The Labute approximate surface area is 187 Å². The molecule has 2 aromatic heterocycles. The summed E-state index contributed by atoms with van der Waals surface area (Å²) in [6, 6.07) is 12.8. The van der Waals surface area contributed by atoms with Crippen LogP contribution in [0.3, 0.4) is 0 Å². The largest absolute Gasteiger partial charge is 0.367 e. The van der Waals surface area contributed by atoms with Crippen LogP contribution in [0.15, 0.2) is 54.9 Å². The molecular weight excluding hydrogens is 413 g/mol. The Hall–Kier alpha value is -2.70. The molecule has 1 saturated carbocycles. The van der Waals surface area contributed by atoms with Gasteiger partial charge in [-0.2, -0.15) is 0 Å². The third kappa shape index (κ3) is 5.71. The number of hydrogen-bond donors (Lipinski definition) is 3. The molecule has 0 spiro atoms. The summed E-state index contributed by atoms with van der Waals surface area (Å²) in [7, 11) is 0. The van der Waals surface area contributed by atoms with Gasteiger partial charge in [0.05, 0.1) is 5.02 Å². The fourth-order valence-corrected chi connectivity index (χ4v) is 4.24. The number of halogens is 2. The maximum Gasteiger partial charge on any atom is 0.126 e. The molecule has 5 nitrogen and oxygen atoms in total. The quantitative estimate of drug-likeness (QED) is 0.454. The summed E-state index contributed by atoms with van der Waals surface area (Å²) in [6.07, 6.45) is 7.93. The zero-order valence-electron chi connectivity index (χ0n) is 17.3. The van der Waals surface area contributed by atoms with Gasteiger partial charge in [0.15, 0.2) is 0 Å². The minimum atomic E-state index is -0.249. The van der Waals surface area contributed by atoms with E-state index in [4.69, 9.17) is 17.3 Å². The summed E-state index contributed by atoms with van der Waals surface area (Å²) in [6.45, 7) is 1.25. The summed E-state index contributed by atoms with van der Waals surface area (Å²) >= 11 is 6.47. The molecule has 1 aliphatic rings. The van der Waals surface area contributed by atoms with Crippen molar-refractivity contribution in [1.82, 2.24) is 9.97 Å². The van der Waals surface area contributed by atoms with Gasteiger partial charge in [-0.25, -0.2) is 14.4 Å². The van der Waals surface area contributed by atoms with Gasteiger partial charge in [0.25, 0.3) is 0 Å². The second kappa shape index (κ2) is 10.1. The number of pyridine rings is 2. The van der Waals surface area contributed by atoms with Crippen LogP contribution in [-0.4, -0.2) is 22.6 Å². The van der Waals surface area contributed by atoms with E-state index in [0.717, 1.165) is 54.7 Å². The number of nitrogens with two attached hydrogens (primary N) is 1. The molecule has 0 aliphatic heterocycles. The topological polar surface area (TPSA) is 75.9 Å². The number of anilines is 2. The third-order valence-corrected chi connectivity index (χ3v) is 6.12. The monoisotopic (exact) mass is 439 g/mol. The molecule has 1 fully saturated rings. The van der Waals surface area contributed by atoms with Crippen molar-refractivity contribution in [3.63, 3.8) is 0 Å². The predicted octanol–water partition coefficient (Wildman–Crippen LogP) is 5.48. The molecule has 1 aliphatic carbocycles. The highest BCUT2D eigenvalue weighted by Gasteiger charge is 2.20. The molecule has 4 rings (SSSR count). The summed E-state index contributed by atoms with van der Waals surface area (Å²) in [5.74, 6) is 1.91. The zero-order chi connectivity index (χ0) is 21.6. The van der Waals surface area contributed by atoms with Gasteiger partial charge in [-0.05, 0) is 79.6 Å². The van der Waals surface area contributed by atoms with Crippen LogP contribution < -0.4 is 16.4 Å². The van der Waals surface area contributed by atoms with Crippen LogP contribution >= 0.6 is 11.6 Å². The number of aromatic nitrogens is 2. The lowest BCUT2D eigenvalue weighted by Gasteiger charge is -2.28. The maximum absolute atomic E-state index is 13.4. The van der Waals surface area contributed by atoms with Crippen molar-refractivity contribution in [3.8, 4) is 11.1 Å². The minimum absolute atomic E-state index is 0.249. The van der Waals surface area contributed by atoms with Gasteiger partial charge in [0, 0.05) is 30.5 Å². The summed E-state index contributed by atoms with van der Waals surface area (Å²) in [5.41, 5.74) is 8.49. The number of hydrogen-bond acceptors (Lipinski definition) is 5. The molecule has 0 saturated heterocycles. The number of nitrogens with zero attached hydrogens (tertiary/aromatic N) is 2. The van der Waals surface area contributed by atoms with Crippen molar-refractivity contribution in [2.24, 2.45) is 11.7 Å². The van der Waals surface area contributed by atoms with E-state index in [0.29, 0.717) is 29.3 Å². The standard InChI is InChI=1S/C24H27ClFN5/c25-22-15-30-24(31-20-6-4-16(13-27)5-7-20)12-21(22)18-8-9-28-23(11-18)29-14-17-2-1-3-19(26)10-17/h1-3,8-12,15-16,20H,4-7,13-14,27H2,(H,28,29)(H,30,31)/t16-,20-. The first-order chi connectivity index (χ1) is 15.1. The first-order valence-corrected chi connectivity index (χ1v) is 11.1. The van der Waals surface area contributed by atoms with E-state index in [1.54, 1.807) is 18.5 Å². The Balaban J connectivity index is 1.46. The van der Waals surface area contributed by atoms with Crippen molar-refractivity contribution in [2.75, 3.05) is 17.2 Å². The van der Waals surface area contributed by atoms with Gasteiger partial charge in [0.1, 0.15) is 17.5 Å². The molecule has 31 heavy (non-hydrogen) atoms. The molecule has 162 valence electrons. The average Bonchev–Trinajstić information content (AvgIpc) is 2.80. The SMILES string of the molecule is NC[C@H]1CC[C@H](Nc2cc(-c3ccnc(NCc4cccc(F)c4)c3)c(Cl)cn2)CC1. The van der Waals surface area contributed by atoms with Gasteiger partial charge in [-0.15, -0.1) is 0 Å². The van der Waals surface area contributed by atoms with E-state index in [9.17, 15) is 4.39 Å². The molecule has 0 unspecified atom stereocenters. The van der Waals surface area contributed by atoms with Crippen molar-refractivity contribution in [1.29, 1.82) is 0 Å². The summed E-state index contributed by atoms with van der Waals surface area (Å²) in [4.78, 5) is 8.84. The fourth-order valence-electron chi connectivity index (χ4n) is 4.02. The molecule has 0 bridgehead atoms. The Morgan fingerprint density at radius 3 is 2.65 bits per heavy atom. The molecule has 2 heterocycles. The van der Waals surface area contributed by atoms with Crippen LogP contribution in [0, 0.1) is 11.7 Å². The van der Waals surface area contributed by atoms with Crippen molar-refractivity contribution >= 4 is 23.2 Å². The van der Waals surface area contributed by atoms with Crippen LogP contribution in [0.4, 0.5) is 16.0 Å². The zero-order valence-corrected chi connectivity index (χ0v) is 18.1. The van der Waals surface area contributed by atoms with E-state index >= 15 is 0 Å². The third-order valence-electron chi connectivity index (χ3n) is 5.82. The lowest BCUT2D eigenvalue weighted by atomic mass is 9.86. The second-order valence-corrected chi connectivity index (χ2v) is 8.47. The first kappa shape index (κ1) is 21.5. The Kier molecular flexibility index (Phi) is 6.99. The molecule has 3 aromatic rings. The van der Waals surface area contributed by atoms with Gasteiger partial charge in [-0.3, -0.25) is 0 Å². The highest BCUT2D eigenvalue weighted by Crippen LogP contribution is 2.32. The van der Waals surface area contributed by atoms with Gasteiger partial charge < -0.3 is 16.4 Å². The fraction of sp³-hybridized carbons (Fsp3) is 0.333. The van der Waals surface area contributed by atoms with Crippen LogP contribution in [0.25, 0.3) is 11.1 Å². The Bertz CT molecular complexity index is 1020. The molecule has 7 heteroatoms. The van der Waals surface area contributed by atoms with Crippen LogP contribution in [0.1, 0.15) is 31.2 Å². The van der Waals surface area contributed by atoms with Crippen molar-refractivity contribution < 1.29 is 4.39 Å². The smallest absolute Gasteiger partial charge is 0.126 e. The maximum atomic E-state index is 13.4. The van der Waals surface area contributed by atoms with Crippen LogP contribution in [-0.2, 0) is 6.54 Å². The minimum Gasteiger partial charge on any atom is -0.367 e. The lowest BCUT2D eigenvalue weighted by Crippen LogP contribution is -2.29. The Morgan fingerprint density at radius 2 is 1.87 bits per heavy atom. The van der Waals surface area contributed by atoms with Crippen molar-refractivity contribution in [3.05, 3.63) is 71.3 Å². The second-order valence-electron chi connectivity index (χ2n) is 8.06. The van der Waals surface area contributed by atoms with Crippen molar-refractivity contribution in [2.45, 2.75) is 38.3 Å². The normalized spacial score (nSPS) is 18.5. The molecular formula is C24H27ClFN5.